The van der Waals surface area contributed by atoms with Crippen LogP contribution in [0.5, 0.6) is 0 Å². The number of hydrogen-bond donors (Lipinski definition) is 2. The number of rotatable bonds is 5. The fraction of sp³-hybridized carbons (Fsp3) is 0.227. The number of amides is 1. The number of nitrogens with one attached hydrogen (secondary N) is 2. The van der Waals surface area contributed by atoms with Crippen LogP contribution in [0, 0.1) is 5.82 Å². The van der Waals surface area contributed by atoms with E-state index in [2.05, 4.69) is 10.2 Å². The minimum absolute atomic E-state index is 0.0758. The van der Waals surface area contributed by atoms with Gasteiger partial charge in [0.25, 0.3) is 5.91 Å². The molecule has 4 rings (SSSR count). The molecule has 1 aliphatic heterocycles. The third-order valence-electron chi connectivity index (χ3n) is 5.10. The summed E-state index contributed by atoms with van der Waals surface area (Å²) in [6, 6.07) is 18.7. The maximum Gasteiger partial charge on any atom is 0.265 e. The average Bonchev–Trinajstić information content (AvgIpc) is 3.26. The smallest absolute Gasteiger partial charge is 0.265 e. The second-order valence-electron chi connectivity index (χ2n) is 6.98. The number of carbonyl (C=O) groups excluding carboxylic acids is 1. The van der Waals surface area contributed by atoms with Crippen LogP contribution in [0.4, 0.5) is 15.8 Å². The summed E-state index contributed by atoms with van der Waals surface area (Å²) in [7, 11) is 0. The zero-order valence-corrected chi connectivity index (χ0v) is 16.3. The van der Waals surface area contributed by atoms with Crippen molar-refractivity contribution in [3.8, 4) is 0 Å². The van der Waals surface area contributed by atoms with Crippen LogP contribution in [-0.4, -0.2) is 32.1 Å². The van der Waals surface area contributed by atoms with Gasteiger partial charge in [-0.2, -0.15) is 0 Å². The summed E-state index contributed by atoms with van der Waals surface area (Å²) in [5, 5.41) is 4.82. The molecule has 1 amide bonds. The molecule has 6 heteroatoms. The van der Waals surface area contributed by atoms with Crippen LogP contribution >= 0.6 is 11.3 Å². The zero-order chi connectivity index (χ0) is 19.3. The molecule has 4 nitrogen and oxygen atoms in total. The van der Waals surface area contributed by atoms with Crippen molar-refractivity contribution >= 4 is 28.6 Å². The van der Waals surface area contributed by atoms with Crippen molar-refractivity contribution in [2.45, 2.75) is 6.54 Å². The van der Waals surface area contributed by atoms with Gasteiger partial charge >= 0.3 is 0 Å². The first kappa shape index (κ1) is 18.7. The van der Waals surface area contributed by atoms with Crippen molar-refractivity contribution in [1.82, 2.24) is 0 Å². The van der Waals surface area contributed by atoms with E-state index in [1.54, 1.807) is 6.07 Å². The SMILES string of the molecule is O=C(Nc1ccc(N2CC[NH+](Cc3ccccc3F)CC2)cc1)c1cccs1. The van der Waals surface area contributed by atoms with E-state index < -0.39 is 0 Å². The number of nitrogens with zero attached hydrogens (tertiary/aromatic N) is 1. The van der Waals surface area contributed by atoms with Crippen LogP contribution in [0.3, 0.4) is 0 Å². The molecule has 1 saturated heterocycles. The Labute approximate surface area is 168 Å². The maximum absolute atomic E-state index is 13.9. The summed E-state index contributed by atoms with van der Waals surface area (Å²) in [6.45, 7) is 4.56. The van der Waals surface area contributed by atoms with E-state index in [0.29, 0.717) is 4.88 Å². The van der Waals surface area contributed by atoms with Gasteiger partial charge in [-0.3, -0.25) is 4.79 Å². The van der Waals surface area contributed by atoms with Crippen molar-refractivity contribution in [3.63, 3.8) is 0 Å². The molecular weight excluding hydrogens is 373 g/mol. The van der Waals surface area contributed by atoms with E-state index in [-0.39, 0.29) is 11.7 Å². The Hall–Kier alpha value is -2.70. The minimum Gasteiger partial charge on any atom is -0.360 e. The molecule has 0 radical (unpaired) electrons. The molecule has 2 heterocycles. The maximum atomic E-state index is 13.9. The topological polar surface area (TPSA) is 36.8 Å². The lowest BCUT2D eigenvalue weighted by Gasteiger charge is -2.33. The van der Waals surface area contributed by atoms with Gasteiger partial charge < -0.3 is 15.1 Å². The molecule has 1 aliphatic rings. The first-order chi connectivity index (χ1) is 13.7. The fourth-order valence-corrected chi connectivity index (χ4v) is 4.14. The van der Waals surface area contributed by atoms with E-state index >= 15 is 0 Å². The van der Waals surface area contributed by atoms with Gasteiger partial charge in [0.1, 0.15) is 12.4 Å². The van der Waals surface area contributed by atoms with E-state index in [4.69, 9.17) is 0 Å². The lowest BCUT2D eigenvalue weighted by Crippen LogP contribution is -3.13. The molecule has 0 saturated carbocycles. The second-order valence-corrected chi connectivity index (χ2v) is 7.93. The number of thiophene rings is 1. The fourth-order valence-electron chi connectivity index (χ4n) is 3.53. The van der Waals surface area contributed by atoms with Crippen LogP contribution in [0.2, 0.25) is 0 Å². The summed E-state index contributed by atoms with van der Waals surface area (Å²) < 4.78 is 13.9. The number of benzene rings is 2. The van der Waals surface area contributed by atoms with E-state index in [0.717, 1.165) is 49.7 Å². The lowest BCUT2D eigenvalue weighted by atomic mass is 10.1. The Bertz CT molecular complexity index is 919. The van der Waals surface area contributed by atoms with E-state index in [1.165, 1.54) is 22.3 Å². The number of anilines is 2. The van der Waals surface area contributed by atoms with E-state index in [1.807, 2.05) is 53.9 Å². The lowest BCUT2D eigenvalue weighted by molar-refractivity contribution is -0.914. The first-order valence-electron chi connectivity index (χ1n) is 9.46. The van der Waals surface area contributed by atoms with Gasteiger partial charge in [0.2, 0.25) is 0 Å². The Morgan fingerprint density at radius 3 is 2.46 bits per heavy atom. The molecule has 28 heavy (non-hydrogen) atoms. The Morgan fingerprint density at radius 2 is 1.79 bits per heavy atom. The van der Waals surface area contributed by atoms with Crippen molar-refractivity contribution in [1.29, 1.82) is 0 Å². The van der Waals surface area contributed by atoms with Crippen LogP contribution < -0.4 is 15.1 Å². The molecule has 0 unspecified atom stereocenters. The number of quaternary nitrogens is 1. The summed E-state index contributed by atoms with van der Waals surface area (Å²) >= 11 is 1.43. The largest absolute Gasteiger partial charge is 0.360 e. The highest BCUT2D eigenvalue weighted by Gasteiger charge is 2.21. The molecule has 2 N–H and O–H groups in total. The molecular formula is C22H23FN3OS+. The van der Waals surface area contributed by atoms with Crippen LogP contribution in [-0.2, 0) is 6.54 Å². The van der Waals surface area contributed by atoms with Gasteiger partial charge in [0.15, 0.2) is 0 Å². The second kappa shape index (κ2) is 8.54. The van der Waals surface area contributed by atoms with E-state index in [9.17, 15) is 9.18 Å². The highest BCUT2D eigenvalue weighted by atomic mass is 32.1. The Balaban J connectivity index is 1.31. The molecule has 1 aromatic heterocycles. The molecule has 0 bridgehead atoms. The molecule has 1 fully saturated rings. The monoisotopic (exact) mass is 396 g/mol. The molecule has 0 spiro atoms. The number of halogens is 1. The molecule has 0 atom stereocenters. The van der Waals surface area contributed by atoms with Crippen LogP contribution in [0.1, 0.15) is 15.2 Å². The van der Waals surface area contributed by atoms with Crippen LogP contribution in [0.25, 0.3) is 0 Å². The zero-order valence-electron chi connectivity index (χ0n) is 15.5. The number of hydrogen-bond acceptors (Lipinski definition) is 3. The molecule has 0 aliphatic carbocycles. The summed E-state index contributed by atoms with van der Waals surface area (Å²) in [5.74, 6) is -0.189. The minimum atomic E-state index is -0.113. The third kappa shape index (κ3) is 4.40. The average molecular weight is 397 g/mol. The van der Waals surface area contributed by atoms with Crippen molar-refractivity contribution in [3.05, 3.63) is 82.3 Å². The van der Waals surface area contributed by atoms with Gasteiger partial charge in [-0.1, -0.05) is 24.3 Å². The Kier molecular flexibility index (Phi) is 5.69. The highest BCUT2D eigenvalue weighted by molar-refractivity contribution is 7.12. The van der Waals surface area contributed by atoms with Crippen LogP contribution in [0.15, 0.2) is 66.0 Å². The normalized spacial score (nSPS) is 14.8. The molecule has 3 aromatic rings. The summed E-state index contributed by atoms with van der Waals surface area (Å²) in [4.78, 5) is 16.6. The standard InChI is InChI=1S/C22H22FN3OS/c23-20-5-2-1-4-17(20)16-25-11-13-26(14-12-25)19-9-7-18(8-10-19)24-22(27)21-6-3-15-28-21/h1-10,15H,11-14,16H2,(H,24,27)/p+1. The summed E-state index contributed by atoms with van der Waals surface area (Å²) in [6.07, 6.45) is 0. The molecule has 2 aromatic carbocycles. The molecule has 144 valence electrons. The van der Waals surface area contributed by atoms with Crippen molar-refractivity contribution in [2.24, 2.45) is 0 Å². The van der Waals surface area contributed by atoms with Gasteiger partial charge in [0, 0.05) is 16.9 Å². The third-order valence-corrected chi connectivity index (χ3v) is 5.97. The van der Waals surface area contributed by atoms with Crippen molar-refractivity contribution in [2.75, 3.05) is 36.4 Å². The summed E-state index contributed by atoms with van der Waals surface area (Å²) in [5.41, 5.74) is 2.74. The quantitative estimate of drug-likeness (QED) is 0.696. The highest BCUT2D eigenvalue weighted by Crippen LogP contribution is 2.19. The van der Waals surface area contributed by atoms with Gasteiger partial charge in [-0.05, 0) is 41.8 Å². The van der Waals surface area contributed by atoms with Gasteiger partial charge in [0.05, 0.1) is 31.1 Å². The Morgan fingerprint density at radius 1 is 1.04 bits per heavy atom. The van der Waals surface area contributed by atoms with Crippen molar-refractivity contribution < 1.29 is 14.1 Å². The number of piperazine rings is 1. The predicted molar refractivity (Wildman–Crippen MR) is 112 cm³/mol. The predicted octanol–water partition coefficient (Wildman–Crippen LogP) is 3.04. The van der Waals surface area contributed by atoms with Gasteiger partial charge in [-0.25, -0.2) is 4.39 Å². The first-order valence-corrected chi connectivity index (χ1v) is 10.3. The van der Waals surface area contributed by atoms with Gasteiger partial charge in [-0.15, -0.1) is 11.3 Å². The number of carbonyl (C=O) groups is 1.